The number of aldehydes is 1. The Hall–Kier alpha value is -3.82. The summed E-state index contributed by atoms with van der Waals surface area (Å²) in [5.74, 6) is -1.39. The van der Waals surface area contributed by atoms with Crippen molar-refractivity contribution in [1.29, 1.82) is 0 Å². The van der Waals surface area contributed by atoms with Crippen LogP contribution in [0.3, 0.4) is 0 Å². The second-order valence-electron chi connectivity index (χ2n) is 6.63. The van der Waals surface area contributed by atoms with E-state index in [9.17, 15) is 23.9 Å². The molecule has 1 amide bonds. The lowest BCUT2D eigenvalue weighted by Crippen LogP contribution is -2.31. The Kier molecular flexibility index (Phi) is 6.05. The number of carbonyl (C=O) groups excluding carboxylic acids is 2. The van der Waals surface area contributed by atoms with Gasteiger partial charge in [0.2, 0.25) is 12.0 Å². The molecule has 0 saturated carbocycles. The highest BCUT2D eigenvalue weighted by Crippen LogP contribution is 2.22. The number of imidazole rings is 1. The molecular formula is C20H20FN5O4. The molecule has 0 fully saturated rings. The molecule has 2 heterocycles. The van der Waals surface area contributed by atoms with Gasteiger partial charge in [-0.3, -0.25) is 19.0 Å². The van der Waals surface area contributed by atoms with Gasteiger partial charge in [-0.15, -0.1) is 0 Å². The van der Waals surface area contributed by atoms with Crippen LogP contribution >= 0.6 is 0 Å². The number of H-pyrrole nitrogens is 1. The minimum absolute atomic E-state index is 0.0680. The number of nitrogens with one attached hydrogen (secondary N) is 2. The quantitative estimate of drug-likeness (QED) is 0.394. The zero-order valence-electron chi connectivity index (χ0n) is 16.4. The van der Waals surface area contributed by atoms with Gasteiger partial charge in [0, 0.05) is 24.9 Å². The normalized spacial score (nSPS) is 10.8. The van der Waals surface area contributed by atoms with Crippen molar-refractivity contribution in [1.82, 2.24) is 24.8 Å². The molecule has 156 valence electrons. The first-order chi connectivity index (χ1) is 14.3. The Labute approximate surface area is 170 Å². The molecule has 0 aliphatic rings. The summed E-state index contributed by atoms with van der Waals surface area (Å²) >= 11 is 0. The highest BCUT2D eigenvalue weighted by Gasteiger charge is 2.19. The molecule has 0 saturated heterocycles. The van der Waals surface area contributed by atoms with Gasteiger partial charge in [0.25, 0.3) is 11.5 Å². The summed E-state index contributed by atoms with van der Waals surface area (Å²) in [7, 11) is 0. The smallest absolute Gasteiger partial charge is 0.296 e. The summed E-state index contributed by atoms with van der Waals surface area (Å²) in [6, 6.07) is 4.77. The molecule has 3 N–H and O–H groups in total. The van der Waals surface area contributed by atoms with Crippen LogP contribution in [0.4, 0.5) is 4.39 Å². The SMILES string of the molecule is CCn1c(CNC(=O)C=O)nc(-c2ncc(Cc3ccc(F)c(C)c3)[nH]2)c(O)c1=O. The highest BCUT2D eigenvalue weighted by atomic mass is 19.1. The van der Waals surface area contributed by atoms with Crippen LogP contribution in [0, 0.1) is 12.7 Å². The van der Waals surface area contributed by atoms with Gasteiger partial charge in [0.15, 0.2) is 11.5 Å². The van der Waals surface area contributed by atoms with Crippen molar-refractivity contribution in [2.24, 2.45) is 0 Å². The van der Waals surface area contributed by atoms with Crippen LogP contribution in [0.5, 0.6) is 5.75 Å². The number of benzene rings is 1. The third kappa shape index (κ3) is 4.27. The van der Waals surface area contributed by atoms with Gasteiger partial charge in [-0.05, 0) is 31.0 Å². The predicted octanol–water partition coefficient (Wildman–Crippen LogP) is 1.21. The van der Waals surface area contributed by atoms with Crippen LogP contribution in [0.1, 0.15) is 29.6 Å². The summed E-state index contributed by atoms with van der Waals surface area (Å²) in [5, 5.41) is 12.7. The molecule has 2 aromatic heterocycles. The zero-order chi connectivity index (χ0) is 21.8. The standard InChI is InChI=1S/C20H20FN5O4/c1-3-26-15(9-22-16(28)10-27)25-17(18(29)20(26)30)19-23-8-13(24-19)7-12-4-5-14(21)11(2)6-12/h4-6,8,10,29H,3,7,9H2,1-2H3,(H,22,28)(H,23,24). The molecule has 0 bridgehead atoms. The van der Waals surface area contributed by atoms with E-state index in [0.29, 0.717) is 17.7 Å². The van der Waals surface area contributed by atoms with Crippen molar-refractivity contribution in [3.8, 4) is 17.3 Å². The molecule has 0 unspecified atom stereocenters. The molecular weight excluding hydrogens is 393 g/mol. The second-order valence-corrected chi connectivity index (χ2v) is 6.63. The van der Waals surface area contributed by atoms with E-state index < -0.39 is 17.2 Å². The predicted molar refractivity (Wildman–Crippen MR) is 105 cm³/mol. The Morgan fingerprint density at radius 3 is 2.83 bits per heavy atom. The van der Waals surface area contributed by atoms with Crippen molar-refractivity contribution < 1.29 is 19.1 Å². The van der Waals surface area contributed by atoms with E-state index in [-0.39, 0.29) is 42.5 Å². The largest absolute Gasteiger partial charge is 0.501 e. The van der Waals surface area contributed by atoms with Crippen LogP contribution in [0.15, 0.2) is 29.2 Å². The highest BCUT2D eigenvalue weighted by molar-refractivity contribution is 6.23. The van der Waals surface area contributed by atoms with Crippen LogP contribution in [0.25, 0.3) is 11.5 Å². The molecule has 0 radical (unpaired) electrons. The van der Waals surface area contributed by atoms with Crippen molar-refractivity contribution in [2.45, 2.75) is 33.4 Å². The van der Waals surface area contributed by atoms with E-state index in [2.05, 4.69) is 20.3 Å². The van der Waals surface area contributed by atoms with Crippen molar-refractivity contribution >= 4 is 12.2 Å². The monoisotopic (exact) mass is 413 g/mol. The van der Waals surface area contributed by atoms with E-state index in [0.717, 1.165) is 5.56 Å². The fourth-order valence-electron chi connectivity index (χ4n) is 3.03. The molecule has 0 spiro atoms. The van der Waals surface area contributed by atoms with Gasteiger partial charge in [0.1, 0.15) is 11.6 Å². The molecule has 30 heavy (non-hydrogen) atoms. The molecule has 10 heteroatoms. The van der Waals surface area contributed by atoms with Crippen LogP contribution < -0.4 is 10.9 Å². The number of halogens is 1. The van der Waals surface area contributed by atoms with E-state index in [4.69, 9.17) is 0 Å². The van der Waals surface area contributed by atoms with Crippen LogP contribution in [0.2, 0.25) is 0 Å². The second kappa shape index (κ2) is 8.68. The molecule has 3 aromatic rings. The van der Waals surface area contributed by atoms with Crippen LogP contribution in [-0.2, 0) is 29.1 Å². The summed E-state index contributed by atoms with van der Waals surface area (Å²) in [5.41, 5.74) is 1.30. The van der Waals surface area contributed by atoms with Gasteiger partial charge in [0.05, 0.1) is 6.54 Å². The number of amides is 1. The topological polar surface area (TPSA) is 130 Å². The summed E-state index contributed by atoms with van der Waals surface area (Å²) in [6.07, 6.45) is 2.09. The summed E-state index contributed by atoms with van der Waals surface area (Å²) < 4.78 is 14.6. The third-order valence-electron chi connectivity index (χ3n) is 4.54. The first-order valence-electron chi connectivity index (χ1n) is 9.19. The molecule has 0 aliphatic heterocycles. The van der Waals surface area contributed by atoms with Gasteiger partial charge in [-0.25, -0.2) is 14.4 Å². The molecule has 3 rings (SSSR count). The number of aryl methyl sites for hydroxylation is 1. The van der Waals surface area contributed by atoms with E-state index in [1.165, 1.54) is 16.8 Å². The van der Waals surface area contributed by atoms with Crippen LogP contribution in [-0.4, -0.2) is 36.8 Å². The van der Waals surface area contributed by atoms with Gasteiger partial charge in [-0.2, -0.15) is 0 Å². The van der Waals surface area contributed by atoms with Gasteiger partial charge < -0.3 is 15.4 Å². The Bertz CT molecular complexity index is 1170. The first kappa shape index (κ1) is 20.9. The lowest BCUT2D eigenvalue weighted by atomic mass is 10.1. The number of nitrogens with zero attached hydrogens (tertiary/aromatic N) is 3. The number of carbonyl (C=O) groups is 2. The Morgan fingerprint density at radius 2 is 2.17 bits per heavy atom. The average Bonchev–Trinajstić information content (AvgIpc) is 3.19. The number of rotatable bonds is 7. The minimum atomic E-state index is -0.851. The minimum Gasteiger partial charge on any atom is -0.501 e. The van der Waals surface area contributed by atoms with Crippen molar-refractivity contribution in [3.05, 3.63) is 63.2 Å². The van der Waals surface area contributed by atoms with Crippen molar-refractivity contribution in [2.75, 3.05) is 0 Å². The fourth-order valence-corrected chi connectivity index (χ4v) is 3.03. The third-order valence-corrected chi connectivity index (χ3v) is 4.54. The number of aromatic amines is 1. The number of hydrogen-bond donors (Lipinski definition) is 3. The van der Waals surface area contributed by atoms with Gasteiger partial charge >= 0.3 is 0 Å². The number of aromatic nitrogens is 4. The molecule has 1 aromatic carbocycles. The fraction of sp³-hybridized carbons (Fsp3) is 0.250. The van der Waals surface area contributed by atoms with Crippen molar-refractivity contribution in [3.63, 3.8) is 0 Å². The maximum absolute atomic E-state index is 13.4. The lowest BCUT2D eigenvalue weighted by Gasteiger charge is -2.12. The van der Waals surface area contributed by atoms with E-state index in [1.54, 1.807) is 26.0 Å². The Balaban J connectivity index is 1.94. The first-order valence-corrected chi connectivity index (χ1v) is 9.19. The molecule has 0 aliphatic carbocycles. The zero-order valence-corrected chi connectivity index (χ0v) is 16.4. The average molecular weight is 413 g/mol. The summed E-state index contributed by atoms with van der Waals surface area (Å²) in [6.45, 7) is 3.39. The van der Waals surface area contributed by atoms with Gasteiger partial charge in [-0.1, -0.05) is 12.1 Å². The molecule has 9 nitrogen and oxygen atoms in total. The lowest BCUT2D eigenvalue weighted by molar-refractivity contribution is -0.131. The maximum Gasteiger partial charge on any atom is 0.296 e. The van der Waals surface area contributed by atoms with E-state index in [1.807, 2.05) is 0 Å². The number of aromatic hydroxyl groups is 1. The van der Waals surface area contributed by atoms with E-state index >= 15 is 0 Å². The summed E-state index contributed by atoms with van der Waals surface area (Å²) in [4.78, 5) is 45.7. The Morgan fingerprint density at radius 1 is 1.40 bits per heavy atom. The maximum atomic E-state index is 13.4. The molecule has 0 atom stereocenters. The number of hydrogen-bond acceptors (Lipinski definition) is 6.